The number of amides is 1. The van der Waals surface area contributed by atoms with Crippen LogP contribution in [0.2, 0.25) is 0 Å². The topological polar surface area (TPSA) is 81.9 Å². The van der Waals surface area contributed by atoms with Crippen LogP contribution in [0.15, 0.2) is 29.9 Å². The highest BCUT2D eigenvalue weighted by Gasteiger charge is 2.26. The van der Waals surface area contributed by atoms with E-state index in [1.54, 1.807) is 18.2 Å². The van der Waals surface area contributed by atoms with E-state index in [1.807, 2.05) is 17.9 Å². The van der Waals surface area contributed by atoms with E-state index in [4.69, 9.17) is 9.47 Å². The molecule has 0 bridgehead atoms. The summed E-state index contributed by atoms with van der Waals surface area (Å²) in [5.41, 5.74) is 1.44. The van der Waals surface area contributed by atoms with Crippen LogP contribution in [0.25, 0.3) is 6.08 Å². The number of benzene rings is 1. The van der Waals surface area contributed by atoms with Gasteiger partial charge >= 0.3 is 5.69 Å². The van der Waals surface area contributed by atoms with Crippen molar-refractivity contribution in [3.63, 3.8) is 0 Å². The molecule has 0 spiro atoms. The van der Waals surface area contributed by atoms with Gasteiger partial charge in [-0.2, -0.15) is 0 Å². The molecule has 26 heavy (non-hydrogen) atoms. The molecule has 1 amide bonds. The number of hydrogen-bond acceptors (Lipinski definition) is 5. The lowest BCUT2D eigenvalue weighted by atomic mass is 10.1. The maximum Gasteiger partial charge on any atom is 0.315 e. The zero-order valence-corrected chi connectivity index (χ0v) is 14.8. The number of rotatable bonds is 5. The van der Waals surface area contributed by atoms with Crippen LogP contribution in [0.5, 0.6) is 11.5 Å². The first kappa shape index (κ1) is 18.0. The average Bonchev–Trinajstić information content (AvgIpc) is 3.13. The largest absolute Gasteiger partial charge is 0.453 e. The number of nitro benzene ring substituents is 1. The maximum atomic E-state index is 12.3. The Labute approximate surface area is 152 Å². The van der Waals surface area contributed by atoms with E-state index in [2.05, 4.69) is 0 Å². The van der Waals surface area contributed by atoms with Crippen LogP contribution in [-0.2, 0) is 4.79 Å². The fourth-order valence-corrected chi connectivity index (χ4v) is 3.11. The molecule has 0 atom stereocenters. The van der Waals surface area contributed by atoms with E-state index in [1.165, 1.54) is 12.5 Å². The predicted molar refractivity (Wildman–Crippen MR) is 97.1 cm³/mol. The molecule has 0 N–H and O–H groups in total. The van der Waals surface area contributed by atoms with Gasteiger partial charge in [-0.1, -0.05) is 19.1 Å². The standard InChI is InChI=1S/C19H22N2O5/c1-2-14(6-7-18(22)20-8-4-3-5-9-20)10-15-11-16(21(23)24)19-17(12-15)25-13-26-19/h6-7,10-12H,2-5,8-9,13H2,1H3. The minimum Gasteiger partial charge on any atom is -0.453 e. The molecule has 0 aromatic heterocycles. The molecule has 0 aliphatic carbocycles. The predicted octanol–water partition coefficient (Wildman–Crippen LogP) is 3.69. The van der Waals surface area contributed by atoms with Gasteiger partial charge in [-0.25, -0.2) is 0 Å². The van der Waals surface area contributed by atoms with Gasteiger partial charge in [-0.15, -0.1) is 0 Å². The molecule has 0 unspecified atom stereocenters. The van der Waals surface area contributed by atoms with Gasteiger partial charge in [0.05, 0.1) is 4.92 Å². The minimum absolute atomic E-state index is 0.0146. The molecule has 2 aliphatic heterocycles. The highest BCUT2D eigenvalue weighted by atomic mass is 16.7. The Morgan fingerprint density at radius 1 is 1.23 bits per heavy atom. The van der Waals surface area contributed by atoms with Gasteiger partial charge in [-0.05, 0) is 42.9 Å². The average molecular weight is 358 g/mol. The minimum atomic E-state index is -0.480. The van der Waals surface area contributed by atoms with E-state index < -0.39 is 4.92 Å². The zero-order chi connectivity index (χ0) is 18.5. The summed E-state index contributed by atoms with van der Waals surface area (Å²) < 4.78 is 10.5. The molecule has 1 aromatic rings. The zero-order valence-electron chi connectivity index (χ0n) is 14.8. The quantitative estimate of drug-likeness (QED) is 0.347. The molecule has 2 heterocycles. The lowest BCUT2D eigenvalue weighted by molar-refractivity contribution is -0.385. The Morgan fingerprint density at radius 3 is 2.69 bits per heavy atom. The van der Waals surface area contributed by atoms with Crippen molar-refractivity contribution >= 4 is 17.7 Å². The van der Waals surface area contributed by atoms with Crippen LogP contribution in [0.1, 0.15) is 38.2 Å². The fraction of sp³-hybridized carbons (Fsp3) is 0.421. The van der Waals surface area contributed by atoms with Crippen molar-refractivity contribution in [3.05, 3.63) is 45.5 Å². The summed E-state index contributed by atoms with van der Waals surface area (Å²) >= 11 is 0. The third kappa shape index (κ3) is 4.04. The first-order chi connectivity index (χ1) is 12.6. The van der Waals surface area contributed by atoms with Crippen molar-refractivity contribution in [2.45, 2.75) is 32.6 Å². The second-order valence-corrected chi connectivity index (χ2v) is 6.32. The van der Waals surface area contributed by atoms with Gasteiger partial charge < -0.3 is 14.4 Å². The Bertz CT molecular complexity index is 763. The number of hydrogen-bond donors (Lipinski definition) is 0. The molecular formula is C19H22N2O5. The second-order valence-electron chi connectivity index (χ2n) is 6.32. The smallest absolute Gasteiger partial charge is 0.315 e. The van der Waals surface area contributed by atoms with Crippen molar-refractivity contribution < 1.29 is 19.2 Å². The Balaban J connectivity index is 1.80. The van der Waals surface area contributed by atoms with E-state index in [-0.39, 0.29) is 24.1 Å². The number of allylic oxidation sites excluding steroid dienone is 2. The molecule has 1 fully saturated rings. The summed E-state index contributed by atoms with van der Waals surface area (Å²) in [5.74, 6) is 0.552. The van der Waals surface area contributed by atoms with Gasteiger partial charge in [0.15, 0.2) is 5.75 Å². The summed E-state index contributed by atoms with van der Waals surface area (Å²) in [6.07, 6.45) is 9.18. The lowest BCUT2D eigenvalue weighted by Gasteiger charge is -2.25. The molecule has 2 aliphatic rings. The number of piperidine rings is 1. The third-order valence-corrected chi connectivity index (χ3v) is 4.54. The highest BCUT2D eigenvalue weighted by Crippen LogP contribution is 2.42. The molecule has 0 radical (unpaired) electrons. The number of ether oxygens (including phenoxy) is 2. The Hall–Kier alpha value is -2.83. The van der Waals surface area contributed by atoms with Crippen LogP contribution < -0.4 is 9.47 Å². The number of carbonyl (C=O) groups excluding carboxylic acids is 1. The molecule has 138 valence electrons. The highest BCUT2D eigenvalue weighted by molar-refractivity contribution is 5.88. The summed E-state index contributed by atoms with van der Waals surface area (Å²) in [4.78, 5) is 24.9. The van der Waals surface area contributed by atoms with E-state index in [9.17, 15) is 14.9 Å². The van der Waals surface area contributed by atoms with E-state index >= 15 is 0 Å². The first-order valence-electron chi connectivity index (χ1n) is 8.84. The van der Waals surface area contributed by atoms with Gasteiger partial charge in [0.1, 0.15) is 0 Å². The molecule has 0 saturated carbocycles. The van der Waals surface area contributed by atoms with Crippen molar-refractivity contribution in [2.75, 3.05) is 19.9 Å². The Kier molecular flexibility index (Phi) is 5.55. The van der Waals surface area contributed by atoms with Crippen LogP contribution in [-0.4, -0.2) is 35.6 Å². The molecule has 7 nitrogen and oxygen atoms in total. The number of nitrogens with zero attached hydrogens (tertiary/aromatic N) is 2. The molecule has 1 aromatic carbocycles. The fourth-order valence-electron chi connectivity index (χ4n) is 3.11. The van der Waals surface area contributed by atoms with E-state index in [0.717, 1.165) is 31.5 Å². The molecular weight excluding hydrogens is 336 g/mol. The van der Waals surface area contributed by atoms with Crippen LogP contribution in [0, 0.1) is 10.1 Å². The summed E-state index contributed by atoms with van der Waals surface area (Å²) in [6, 6.07) is 3.18. The van der Waals surface area contributed by atoms with Gasteiger partial charge in [0, 0.05) is 25.2 Å². The maximum absolute atomic E-state index is 12.3. The van der Waals surface area contributed by atoms with Crippen molar-refractivity contribution in [1.82, 2.24) is 4.90 Å². The Morgan fingerprint density at radius 2 is 2.00 bits per heavy atom. The number of likely N-dealkylation sites (tertiary alicyclic amines) is 1. The number of nitro groups is 1. The second kappa shape index (κ2) is 8.03. The van der Waals surface area contributed by atoms with Crippen LogP contribution in [0.3, 0.4) is 0 Å². The van der Waals surface area contributed by atoms with Crippen molar-refractivity contribution in [3.8, 4) is 11.5 Å². The SMILES string of the molecule is CCC(C=CC(=O)N1CCCCC1)=Cc1cc2c(c([N+](=O)[O-])c1)OCO2. The molecule has 7 heteroatoms. The first-order valence-corrected chi connectivity index (χ1v) is 8.84. The number of carbonyl (C=O) groups is 1. The summed E-state index contributed by atoms with van der Waals surface area (Å²) in [6.45, 7) is 3.57. The normalized spacial score (nSPS) is 17.0. The monoisotopic (exact) mass is 358 g/mol. The van der Waals surface area contributed by atoms with Crippen LogP contribution >= 0.6 is 0 Å². The van der Waals surface area contributed by atoms with Gasteiger partial charge in [0.25, 0.3) is 0 Å². The third-order valence-electron chi connectivity index (χ3n) is 4.54. The summed E-state index contributed by atoms with van der Waals surface area (Å²) in [5, 5.41) is 11.2. The molecule has 3 rings (SSSR count). The van der Waals surface area contributed by atoms with Crippen molar-refractivity contribution in [1.29, 1.82) is 0 Å². The van der Waals surface area contributed by atoms with Gasteiger partial charge in [0.2, 0.25) is 18.4 Å². The van der Waals surface area contributed by atoms with Crippen molar-refractivity contribution in [2.24, 2.45) is 0 Å². The lowest BCUT2D eigenvalue weighted by Crippen LogP contribution is -2.34. The number of fused-ring (bicyclic) bond motifs is 1. The summed E-state index contributed by atoms with van der Waals surface area (Å²) in [7, 11) is 0. The van der Waals surface area contributed by atoms with E-state index in [0.29, 0.717) is 17.7 Å². The molecule has 1 saturated heterocycles. The van der Waals surface area contributed by atoms with Gasteiger partial charge in [-0.3, -0.25) is 14.9 Å². The van der Waals surface area contributed by atoms with Crippen LogP contribution in [0.4, 0.5) is 5.69 Å².